The van der Waals surface area contributed by atoms with Crippen LogP contribution in [0.25, 0.3) is 0 Å². The third-order valence-electron chi connectivity index (χ3n) is 10.8. The quantitative estimate of drug-likeness (QED) is 0.109. The second-order valence-electron chi connectivity index (χ2n) is 14.7. The normalized spacial score (nSPS) is 17.4. The highest BCUT2D eigenvalue weighted by molar-refractivity contribution is 5.99. The molecule has 0 bridgehead atoms. The van der Waals surface area contributed by atoms with Crippen molar-refractivity contribution in [2.75, 3.05) is 28.6 Å². The minimum absolute atomic E-state index is 0.317. The van der Waals surface area contributed by atoms with Gasteiger partial charge in [-0.05, 0) is 96.5 Å². The van der Waals surface area contributed by atoms with Gasteiger partial charge in [0, 0.05) is 43.2 Å². The van der Waals surface area contributed by atoms with Gasteiger partial charge in [-0.25, -0.2) is 4.39 Å². The van der Waals surface area contributed by atoms with Gasteiger partial charge in [0.2, 0.25) is 11.8 Å². The number of halogens is 1. The summed E-state index contributed by atoms with van der Waals surface area (Å²) in [7, 11) is 0. The fourth-order valence-electron chi connectivity index (χ4n) is 7.65. The lowest BCUT2D eigenvalue weighted by Gasteiger charge is -2.27. The van der Waals surface area contributed by atoms with Crippen molar-refractivity contribution < 1.29 is 33.8 Å². The van der Waals surface area contributed by atoms with Crippen molar-refractivity contribution in [1.82, 2.24) is 9.80 Å². The van der Waals surface area contributed by atoms with Crippen molar-refractivity contribution >= 4 is 40.7 Å². The number of anilines is 3. The van der Waals surface area contributed by atoms with Crippen molar-refractivity contribution in [2.24, 2.45) is 0 Å². The van der Waals surface area contributed by atoms with Crippen molar-refractivity contribution in [3.63, 3.8) is 0 Å². The molecule has 4 amide bonds. The van der Waals surface area contributed by atoms with E-state index < -0.39 is 36.1 Å². The number of carbonyl (C=O) groups is 4. The summed E-state index contributed by atoms with van der Waals surface area (Å²) in [4.78, 5) is 58.0. The standard InChI is InChI=1S/C46H46FN5O6/c47-35-19-25-38(26-20-35)50(29-31-15-21-36(22-16-31)48-43(55)39-13-7-27-51(39)45(57)41(53)33-9-3-1-4-10-33)30-32-17-23-37(24-18-32)49-44(56)40-14-8-28-52(40)46(58)42(54)34-11-5-2-6-12-34/h1-6,9-12,15-26,39-42,53-54H,7-8,13-14,27-30H2,(H,48,55)(H,49,56)/t39?,40?,41-,42-/m1/s1. The number of aliphatic hydroxyl groups excluding tert-OH is 2. The number of likely N-dealkylation sites (tertiary alicyclic amines) is 2. The summed E-state index contributed by atoms with van der Waals surface area (Å²) < 4.78 is 13.9. The molecule has 11 nitrogen and oxygen atoms in total. The Morgan fingerprint density at radius 2 is 0.983 bits per heavy atom. The minimum atomic E-state index is -1.34. The molecule has 2 heterocycles. The maximum atomic E-state index is 13.9. The number of hydrogen-bond acceptors (Lipinski definition) is 7. The Morgan fingerprint density at radius 1 is 0.586 bits per heavy atom. The first kappa shape index (κ1) is 39.8. The molecule has 2 aliphatic rings. The van der Waals surface area contributed by atoms with Crippen LogP contribution >= 0.6 is 0 Å². The molecule has 58 heavy (non-hydrogen) atoms. The number of carbonyl (C=O) groups excluding carboxylic acids is 4. The van der Waals surface area contributed by atoms with E-state index in [0.717, 1.165) is 16.8 Å². The molecule has 298 valence electrons. The second-order valence-corrected chi connectivity index (χ2v) is 14.7. The van der Waals surface area contributed by atoms with Gasteiger partial charge in [-0.15, -0.1) is 0 Å². The second kappa shape index (κ2) is 18.3. The summed E-state index contributed by atoms with van der Waals surface area (Å²) in [5.41, 5.74) is 4.76. The van der Waals surface area contributed by atoms with E-state index in [2.05, 4.69) is 15.5 Å². The van der Waals surface area contributed by atoms with Crippen LogP contribution in [0.3, 0.4) is 0 Å². The first-order chi connectivity index (χ1) is 28.1. The smallest absolute Gasteiger partial charge is 0.256 e. The summed E-state index contributed by atoms with van der Waals surface area (Å²) >= 11 is 0. The van der Waals surface area contributed by atoms with Gasteiger partial charge in [0.25, 0.3) is 11.8 Å². The Hall–Kier alpha value is -6.37. The first-order valence-electron chi connectivity index (χ1n) is 19.5. The molecule has 7 rings (SSSR count). The van der Waals surface area contributed by atoms with Gasteiger partial charge < -0.3 is 35.5 Å². The van der Waals surface area contributed by atoms with Crippen LogP contribution in [-0.4, -0.2) is 68.8 Å². The topological polar surface area (TPSA) is 143 Å². The number of hydrogen-bond donors (Lipinski definition) is 4. The zero-order chi connectivity index (χ0) is 40.6. The van der Waals surface area contributed by atoms with E-state index in [9.17, 15) is 33.8 Å². The number of nitrogens with one attached hydrogen (secondary N) is 2. The van der Waals surface area contributed by atoms with Crippen LogP contribution in [0.15, 0.2) is 133 Å². The van der Waals surface area contributed by atoms with Crippen LogP contribution < -0.4 is 15.5 Å². The lowest BCUT2D eigenvalue weighted by molar-refractivity contribution is -0.144. The van der Waals surface area contributed by atoms with E-state index in [4.69, 9.17) is 0 Å². The average molecular weight is 784 g/mol. The predicted molar refractivity (Wildman–Crippen MR) is 219 cm³/mol. The third kappa shape index (κ3) is 9.42. The van der Waals surface area contributed by atoms with Gasteiger partial charge in [0.15, 0.2) is 12.2 Å². The number of aliphatic hydroxyl groups is 2. The van der Waals surface area contributed by atoms with Crippen LogP contribution in [0.2, 0.25) is 0 Å². The molecule has 2 fully saturated rings. The molecule has 5 aromatic carbocycles. The van der Waals surface area contributed by atoms with Crippen LogP contribution in [0.1, 0.15) is 60.1 Å². The molecule has 12 heteroatoms. The molecule has 0 aromatic heterocycles. The van der Waals surface area contributed by atoms with E-state index in [1.54, 1.807) is 97.1 Å². The van der Waals surface area contributed by atoms with Crippen LogP contribution in [0.5, 0.6) is 0 Å². The summed E-state index contributed by atoms with van der Waals surface area (Å²) in [5.74, 6) is -1.98. The van der Waals surface area contributed by atoms with Gasteiger partial charge in [-0.1, -0.05) is 84.9 Å². The zero-order valence-corrected chi connectivity index (χ0v) is 31.9. The predicted octanol–water partition coefficient (Wildman–Crippen LogP) is 6.36. The molecule has 5 aromatic rings. The fourth-order valence-corrected chi connectivity index (χ4v) is 7.65. The highest BCUT2D eigenvalue weighted by Crippen LogP contribution is 2.28. The molecule has 0 radical (unpaired) electrons. The molecule has 4 atom stereocenters. The lowest BCUT2D eigenvalue weighted by atomic mass is 10.1. The summed E-state index contributed by atoms with van der Waals surface area (Å²) in [6.07, 6.45) is -0.378. The van der Waals surface area contributed by atoms with Crippen molar-refractivity contribution in [2.45, 2.75) is 63.1 Å². The van der Waals surface area contributed by atoms with Crippen molar-refractivity contribution in [3.8, 4) is 0 Å². The van der Waals surface area contributed by atoms with Crippen LogP contribution in [0.4, 0.5) is 21.5 Å². The van der Waals surface area contributed by atoms with Crippen LogP contribution in [-0.2, 0) is 32.3 Å². The van der Waals surface area contributed by atoms with Crippen molar-refractivity contribution in [3.05, 3.63) is 162 Å². The van der Waals surface area contributed by atoms with Gasteiger partial charge in [0.05, 0.1) is 0 Å². The van der Waals surface area contributed by atoms with E-state index in [1.807, 2.05) is 24.3 Å². The van der Waals surface area contributed by atoms with E-state index in [1.165, 1.54) is 21.9 Å². The molecule has 2 aliphatic heterocycles. The zero-order valence-electron chi connectivity index (χ0n) is 31.9. The number of rotatable bonds is 13. The van der Waals surface area contributed by atoms with Crippen LogP contribution in [0, 0.1) is 5.82 Å². The maximum absolute atomic E-state index is 13.9. The molecule has 0 saturated carbocycles. The minimum Gasteiger partial charge on any atom is -0.378 e. The molecule has 0 aliphatic carbocycles. The first-order valence-corrected chi connectivity index (χ1v) is 19.5. The van der Waals surface area contributed by atoms with Crippen molar-refractivity contribution in [1.29, 1.82) is 0 Å². The fraction of sp³-hybridized carbons (Fsp3) is 0.261. The summed E-state index contributed by atoms with van der Waals surface area (Å²) in [6, 6.07) is 37.0. The molecule has 4 N–H and O–H groups in total. The maximum Gasteiger partial charge on any atom is 0.256 e. The monoisotopic (exact) mass is 783 g/mol. The Bertz CT molecular complexity index is 2050. The molecular formula is C46H46FN5O6. The molecule has 2 saturated heterocycles. The summed E-state index contributed by atoms with van der Waals surface area (Å²) in [5, 5.41) is 27.3. The Balaban J connectivity index is 0.970. The Morgan fingerprint density at radius 3 is 1.38 bits per heavy atom. The Kier molecular flexibility index (Phi) is 12.5. The molecular weight excluding hydrogens is 738 g/mol. The number of nitrogens with zero attached hydrogens (tertiary/aromatic N) is 3. The number of benzene rings is 5. The molecule has 2 unspecified atom stereocenters. The highest BCUT2D eigenvalue weighted by atomic mass is 19.1. The van der Waals surface area contributed by atoms with Gasteiger partial charge >= 0.3 is 0 Å². The number of amides is 4. The summed E-state index contributed by atoms with van der Waals surface area (Å²) in [6.45, 7) is 1.69. The largest absolute Gasteiger partial charge is 0.378 e. The van der Waals surface area contributed by atoms with Gasteiger partial charge in [0.1, 0.15) is 17.9 Å². The highest BCUT2D eigenvalue weighted by Gasteiger charge is 2.38. The van der Waals surface area contributed by atoms with E-state index in [0.29, 0.717) is 74.4 Å². The SMILES string of the molecule is O=C(Nc1ccc(CN(Cc2ccc(NC(=O)C3CCCN3C(=O)[C@H](O)c3ccccc3)cc2)c2ccc(F)cc2)cc1)C1CCCN1C(=O)[C@H](O)c1ccccc1. The third-order valence-corrected chi connectivity index (χ3v) is 10.8. The average Bonchev–Trinajstić information content (AvgIpc) is 3.96. The van der Waals surface area contributed by atoms with Gasteiger partial charge in [-0.2, -0.15) is 0 Å². The molecule has 0 spiro atoms. The van der Waals surface area contributed by atoms with Gasteiger partial charge in [-0.3, -0.25) is 19.2 Å². The van der Waals surface area contributed by atoms with E-state index >= 15 is 0 Å². The lowest BCUT2D eigenvalue weighted by Crippen LogP contribution is -2.45. The van der Waals surface area contributed by atoms with E-state index in [-0.39, 0.29) is 17.6 Å². The Labute approximate surface area is 336 Å².